The minimum Gasteiger partial charge on any atom is -0.487 e. The van der Waals surface area contributed by atoms with Gasteiger partial charge in [-0.2, -0.15) is 0 Å². The van der Waals surface area contributed by atoms with Gasteiger partial charge in [0.1, 0.15) is 12.4 Å². The summed E-state index contributed by atoms with van der Waals surface area (Å²) in [7, 11) is 0. The Kier molecular flexibility index (Phi) is 9.16. The molecule has 1 heterocycles. The number of anilines is 1. The number of benzene rings is 2. The molecule has 2 aromatic carbocycles. The highest BCUT2D eigenvalue weighted by Gasteiger charge is 2.14. The molecule has 6 heteroatoms. The summed E-state index contributed by atoms with van der Waals surface area (Å²) in [6.07, 6.45) is 11.3. The Labute approximate surface area is 197 Å². The van der Waals surface area contributed by atoms with Crippen molar-refractivity contribution in [3.8, 4) is 5.75 Å². The second-order valence-electron chi connectivity index (χ2n) is 6.36. The van der Waals surface area contributed by atoms with Crippen LogP contribution in [0, 0.1) is 0 Å². The zero-order valence-electron chi connectivity index (χ0n) is 17.1. The summed E-state index contributed by atoms with van der Waals surface area (Å²) in [5, 5.41) is 0.661. The maximum absolute atomic E-state index is 6.45. The van der Waals surface area contributed by atoms with E-state index in [9.17, 15) is 0 Å². The van der Waals surface area contributed by atoms with Crippen LogP contribution in [0.2, 0.25) is 5.02 Å². The molecule has 0 radical (unpaired) electrons. The number of pyridine rings is 1. The van der Waals surface area contributed by atoms with Crippen molar-refractivity contribution in [3.05, 3.63) is 119 Å². The van der Waals surface area contributed by atoms with E-state index in [1.54, 1.807) is 36.3 Å². The molecule has 0 bridgehead atoms. The molecule has 0 atom stereocenters. The summed E-state index contributed by atoms with van der Waals surface area (Å²) in [6.45, 7) is 6.52. The molecule has 0 aliphatic heterocycles. The van der Waals surface area contributed by atoms with Crippen molar-refractivity contribution in [1.82, 2.24) is 4.98 Å². The maximum atomic E-state index is 6.45. The van der Waals surface area contributed by atoms with Crippen LogP contribution in [-0.4, -0.2) is 4.98 Å². The standard InChI is InChI=1S/C25H23ClN2OS2/c1-3-4-6-10-20(2)30-28(31-24-12-7-5-8-13-24)22-14-15-25(26)21(17-22)19-29-23-11-9-16-27-18-23/h3-18H,2,19H2,1H3/b4-3-,10-6-. The second-order valence-corrected chi connectivity index (χ2v) is 9.09. The van der Waals surface area contributed by atoms with Crippen molar-refractivity contribution >= 4 is 41.2 Å². The third kappa shape index (κ3) is 7.55. The minimum atomic E-state index is 0.356. The number of hydrogen-bond donors (Lipinski definition) is 0. The SMILES string of the molecule is C=C(/C=C\C=C/C)SN(Sc1ccccc1)c1ccc(Cl)c(COc2cccnc2)c1. The molecule has 0 amide bonds. The lowest BCUT2D eigenvalue weighted by molar-refractivity contribution is 0.305. The molecule has 0 aliphatic rings. The lowest BCUT2D eigenvalue weighted by atomic mass is 10.2. The number of hydrogen-bond acceptors (Lipinski definition) is 5. The van der Waals surface area contributed by atoms with Gasteiger partial charge in [0.2, 0.25) is 0 Å². The van der Waals surface area contributed by atoms with Gasteiger partial charge in [-0.25, -0.2) is 3.71 Å². The van der Waals surface area contributed by atoms with Crippen molar-refractivity contribution in [1.29, 1.82) is 0 Å². The van der Waals surface area contributed by atoms with Gasteiger partial charge in [0.05, 0.1) is 11.9 Å². The zero-order chi connectivity index (χ0) is 21.9. The van der Waals surface area contributed by atoms with E-state index in [4.69, 9.17) is 16.3 Å². The van der Waals surface area contributed by atoms with Crippen molar-refractivity contribution in [2.45, 2.75) is 18.4 Å². The smallest absolute Gasteiger partial charge is 0.138 e. The Bertz CT molecular complexity index is 1040. The fraction of sp³-hybridized carbons (Fsp3) is 0.0800. The Morgan fingerprint density at radius 3 is 2.71 bits per heavy atom. The van der Waals surface area contributed by atoms with Crippen LogP contribution in [0.25, 0.3) is 0 Å². The molecule has 31 heavy (non-hydrogen) atoms. The van der Waals surface area contributed by atoms with Crippen LogP contribution >= 0.6 is 35.5 Å². The Balaban J connectivity index is 1.82. The van der Waals surface area contributed by atoms with Gasteiger partial charge in [0, 0.05) is 26.6 Å². The van der Waals surface area contributed by atoms with Gasteiger partial charge in [0.25, 0.3) is 0 Å². The summed E-state index contributed by atoms with van der Waals surface area (Å²) in [4.78, 5) is 6.13. The van der Waals surface area contributed by atoms with Crippen LogP contribution in [-0.2, 0) is 6.61 Å². The van der Waals surface area contributed by atoms with E-state index in [2.05, 4.69) is 27.4 Å². The summed E-state index contributed by atoms with van der Waals surface area (Å²) in [5.74, 6) is 0.705. The highest BCUT2D eigenvalue weighted by molar-refractivity contribution is 8.20. The molecule has 3 nitrogen and oxygen atoms in total. The molecular formula is C25H23ClN2OS2. The van der Waals surface area contributed by atoms with E-state index in [1.165, 1.54) is 0 Å². The average molecular weight is 467 g/mol. The van der Waals surface area contributed by atoms with E-state index in [0.29, 0.717) is 17.4 Å². The largest absolute Gasteiger partial charge is 0.487 e. The lowest BCUT2D eigenvalue weighted by Crippen LogP contribution is -2.05. The van der Waals surface area contributed by atoms with Gasteiger partial charge in [-0.3, -0.25) is 4.98 Å². The van der Waals surface area contributed by atoms with Gasteiger partial charge in [-0.05, 0) is 79.4 Å². The first-order chi connectivity index (χ1) is 15.2. The number of nitrogens with zero attached hydrogens (tertiary/aromatic N) is 2. The third-order valence-corrected chi connectivity index (χ3v) is 6.41. The predicted molar refractivity (Wildman–Crippen MR) is 135 cm³/mol. The number of aromatic nitrogens is 1. The van der Waals surface area contributed by atoms with E-state index in [1.807, 2.05) is 79.8 Å². The zero-order valence-corrected chi connectivity index (χ0v) is 19.5. The monoisotopic (exact) mass is 466 g/mol. The molecule has 0 aliphatic carbocycles. The first-order valence-electron chi connectivity index (χ1n) is 9.66. The number of ether oxygens (including phenoxy) is 1. The van der Waals surface area contributed by atoms with Crippen LogP contribution in [0.5, 0.6) is 5.75 Å². The molecule has 0 saturated heterocycles. The van der Waals surface area contributed by atoms with Crippen LogP contribution in [0.3, 0.4) is 0 Å². The van der Waals surface area contributed by atoms with Gasteiger partial charge in [-0.15, -0.1) is 0 Å². The van der Waals surface area contributed by atoms with E-state index in [-0.39, 0.29) is 0 Å². The highest BCUT2D eigenvalue weighted by Crippen LogP contribution is 2.39. The third-order valence-electron chi connectivity index (χ3n) is 3.99. The maximum Gasteiger partial charge on any atom is 0.138 e. The number of allylic oxidation sites excluding steroid dienone is 4. The Morgan fingerprint density at radius 2 is 1.97 bits per heavy atom. The highest BCUT2D eigenvalue weighted by atomic mass is 35.5. The summed E-state index contributed by atoms with van der Waals surface area (Å²) in [5.41, 5.74) is 1.89. The van der Waals surface area contributed by atoms with Crippen molar-refractivity contribution in [2.24, 2.45) is 0 Å². The Morgan fingerprint density at radius 1 is 1.13 bits per heavy atom. The molecule has 0 saturated carbocycles. The molecule has 3 rings (SSSR count). The predicted octanol–water partition coefficient (Wildman–Crippen LogP) is 8.12. The quantitative estimate of drug-likeness (QED) is 0.222. The van der Waals surface area contributed by atoms with Gasteiger partial charge in [0.15, 0.2) is 0 Å². The molecule has 0 spiro atoms. The van der Waals surface area contributed by atoms with E-state index < -0.39 is 0 Å². The normalized spacial score (nSPS) is 11.2. The molecule has 158 valence electrons. The Hall–Kier alpha value is -2.60. The van der Waals surface area contributed by atoms with Gasteiger partial charge < -0.3 is 4.74 Å². The first-order valence-corrected chi connectivity index (χ1v) is 11.6. The first kappa shape index (κ1) is 23.1. The van der Waals surface area contributed by atoms with Gasteiger partial charge >= 0.3 is 0 Å². The number of rotatable bonds is 10. The molecule has 1 aromatic heterocycles. The van der Waals surface area contributed by atoms with E-state index >= 15 is 0 Å². The van der Waals surface area contributed by atoms with Crippen LogP contribution < -0.4 is 8.45 Å². The summed E-state index contributed by atoms with van der Waals surface area (Å²) >= 11 is 9.64. The molecule has 0 N–H and O–H groups in total. The van der Waals surface area contributed by atoms with Crippen LogP contribution in [0.15, 0.2) is 114 Å². The van der Waals surface area contributed by atoms with Crippen molar-refractivity contribution < 1.29 is 4.74 Å². The van der Waals surface area contributed by atoms with E-state index in [0.717, 1.165) is 21.1 Å². The van der Waals surface area contributed by atoms with Crippen LogP contribution in [0.4, 0.5) is 5.69 Å². The molecular weight excluding hydrogens is 444 g/mol. The fourth-order valence-corrected chi connectivity index (χ4v) is 4.62. The minimum absolute atomic E-state index is 0.356. The summed E-state index contributed by atoms with van der Waals surface area (Å²) < 4.78 is 7.98. The number of halogens is 1. The molecule has 0 fully saturated rings. The lowest BCUT2D eigenvalue weighted by Gasteiger charge is -2.23. The fourth-order valence-electron chi connectivity index (χ4n) is 2.49. The second kappa shape index (κ2) is 12.3. The molecule has 3 aromatic rings. The average Bonchev–Trinajstić information content (AvgIpc) is 2.80. The van der Waals surface area contributed by atoms with Crippen molar-refractivity contribution in [2.75, 3.05) is 3.71 Å². The van der Waals surface area contributed by atoms with Gasteiger partial charge in [-0.1, -0.05) is 54.6 Å². The molecule has 0 unspecified atom stereocenters. The topological polar surface area (TPSA) is 25.4 Å². The van der Waals surface area contributed by atoms with Crippen molar-refractivity contribution in [3.63, 3.8) is 0 Å². The summed E-state index contributed by atoms with van der Waals surface area (Å²) in [6, 6.07) is 19.9. The van der Waals surface area contributed by atoms with Crippen LogP contribution in [0.1, 0.15) is 12.5 Å².